The molecule has 0 aliphatic heterocycles. The van der Waals surface area contributed by atoms with Gasteiger partial charge in [-0.15, -0.1) is 0 Å². The Morgan fingerprint density at radius 1 is 1.05 bits per heavy atom. The molecule has 0 heteroatoms. The van der Waals surface area contributed by atoms with Gasteiger partial charge in [-0.2, -0.15) is 0 Å². The molecule has 2 rings (SSSR count). The minimum atomic E-state index is 0.780. The third-order valence-electron chi connectivity index (χ3n) is 4.20. The van der Waals surface area contributed by atoms with Crippen LogP contribution in [0.4, 0.5) is 0 Å². The second-order valence-electron chi connectivity index (χ2n) is 6.81. The van der Waals surface area contributed by atoms with E-state index in [-0.39, 0.29) is 0 Å². The molecule has 0 aromatic carbocycles. The SMILES string of the molecule is CC.CC.CC(C)C.CCC1C(C)C=CC2=CCC[C@H](C)C21. The van der Waals surface area contributed by atoms with E-state index in [0.717, 1.165) is 29.6 Å². The molecule has 0 heterocycles. The van der Waals surface area contributed by atoms with E-state index in [1.807, 2.05) is 27.7 Å². The van der Waals surface area contributed by atoms with E-state index >= 15 is 0 Å². The van der Waals surface area contributed by atoms with Crippen molar-refractivity contribution in [2.45, 2.75) is 88.5 Å². The number of rotatable bonds is 1. The first-order valence-electron chi connectivity index (χ1n) is 9.85. The van der Waals surface area contributed by atoms with Crippen molar-refractivity contribution in [2.24, 2.45) is 29.6 Å². The zero-order valence-electron chi connectivity index (χ0n) is 17.2. The normalized spacial score (nSPS) is 28.8. The molecule has 0 spiro atoms. The van der Waals surface area contributed by atoms with Gasteiger partial charge in [-0.1, -0.05) is 93.9 Å². The average Bonchev–Trinajstić information content (AvgIpc) is 2.51. The van der Waals surface area contributed by atoms with Crippen molar-refractivity contribution in [1.29, 1.82) is 0 Å². The van der Waals surface area contributed by atoms with Crippen LogP contribution in [0.15, 0.2) is 23.8 Å². The highest BCUT2D eigenvalue weighted by Crippen LogP contribution is 2.44. The van der Waals surface area contributed by atoms with Crippen molar-refractivity contribution in [3.8, 4) is 0 Å². The number of fused-ring (bicyclic) bond motifs is 1. The summed E-state index contributed by atoms with van der Waals surface area (Å²) in [5.41, 5.74) is 1.63. The lowest BCUT2D eigenvalue weighted by molar-refractivity contribution is 0.208. The second-order valence-corrected chi connectivity index (χ2v) is 6.81. The van der Waals surface area contributed by atoms with Crippen molar-refractivity contribution in [3.63, 3.8) is 0 Å². The summed E-state index contributed by atoms with van der Waals surface area (Å²) >= 11 is 0. The average molecular weight is 309 g/mol. The van der Waals surface area contributed by atoms with Gasteiger partial charge in [0.25, 0.3) is 0 Å². The number of hydrogen-bond acceptors (Lipinski definition) is 0. The summed E-state index contributed by atoms with van der Waals surface area (Å²) in [7, 11) is 0. The lowest BCUT2D eigenvalue weighted by Crippen LogP contribution is -2.31. The fourth-order valence-electron chi connectivity index (χ4n) is 3.36. The predicted molar refractivity (Wildman–Crippen MR) is 105 cm³/mol. The summed E-state index contributed by atoms with van der Waals surface area (Å²) in [6.07, 6.45) is 11.3. The minimum Gasteiger partial charge on any atom is -0.0811 e. The van der Waals surface area contributed by atoms with Gasteiger partial charge in [0, 0.05) is 0 Å². The summed E-state index contributed by atoms with van der Waals surface area (Å²) in [4.78, 5) is 0. The minimum absolute atomic E-state index is 0.780. The van der Waals surface area contributed by atoms with Crippen LogP contribution >= 0.6 is 0 Å². The van der Waals surface area contributed by atoms with Crippen molar-refractivity contribution in [1.82, 2.24) is 0 Å². The van der Waals surface area contributed by atoms with E-state index in [1.165, 1.54) is 19.3 Å². The molecule has 0 saturated carbocycles. The Bertz CT molecular complexity index is 292. The molecule has 0 bridgehead atoms. The lowest BCUT2D eigenvalue weighted by atomic mass is 9.65. The highest BCUT2D eigenvalue weighted by Gasteiger charge is 2.34. The molecular formula is C22H44. The Morgan fingerprint density at radius 2 is 1.55 bits per heavy atom. The fraction of sp³-hybridized carbons (Fsp3) is 0.818. The van der Waals surface area contributed by atoms with E-state index in [2.05, 4.69) is 59.8 Å². The van der Waals surface area contributed by atoms with Crippen LogP contribution in [-0.2, 0) is 0 Å². The van der Waals surface area contributed by atoms with Gasteiger partial charge in [0.1, 0.15) is 0 Å². The Morgan fingerprint density at radius 3 is 2.00 bits per heavy atom. The van der Waals surface area contributed by atoms with Crippen LogP contribution in [-0.4, -0.2) is 0 Å². The van der Waals surface area contributed by atoms with E-state index in [9.17, 15) is 0 Å². The number of allylic oxidation sites excluding steroid dienone is 4. The number of hydrogen-bond donors (Lipinski definition) is 0. The van der Waals surface area contributed by atoms with Crippen molar-refractivity contribution < 1.29 is 0 Å². The first-order valence-corrected chi connectivity index (χ1v) is 9.85. The first kappa shape index (κ1) is 23.7. The van der Waals surface area contributed by atoms with Crippen molar-refractivity contribution >= 4 is 0 Å². The molecule has 0 aromatic rings. The molecule has 0 saturated heterocycles. The van der Waals surface area contributed by atoms with Gasteiger partial charge in [-0.25, -0.2) is 0 Å². The van der Waals surface area contributed by atoms with Gasteiger partial charge in [0.05, 0.1) is 0 Å². The topological polar surface area (TPSA) is 0 Å². The molecule has 0 nitrogen and oxygen atoms in total. The van der Waals surface area contributed by atoms with E-state index < -0.39 is 0 Å². The summed E-state index contributed by atoms with van der Waals surface area (Å²) in [5, 5.41) is 0. The van der Waals surface area contributed by atoms with Crippen LogP contribution in [0.1, 0.15) is 88.5 Å². The Labute approximate surface area is 142 Å². The van der Waals surface area contributed by atoms with E-state index in [1.54, 1.807) is 5.57 Å². The Kier molecular flexibility index (Phi) is 15.2. The molecule has 3 unspecified atom stereocenters. The van der Waals surface area contributed by atoms with Crippen LogP contribution in [0.5, 0.6) is 0 Å². The molecule has 22 heavy (non-hydrogen) atoms. The molecule has 0 fully saturated rings. The third kappa shape index (κ3) is 8.20. The van der Waals surface area contributed by atoms with Gasteiger partial charge in [-0.05, 0) is 48.0 Å². The molecule has 0 amide bonds. The quantitative estimate of drug-likeness (QED) is 0.461. The Hall–Kier alpha value is -0.520. The highest BCUT2D eigenvalue weighted by molar-refractivity contribution is 5.29. The fourth-order valence-corrected chi connectivity index (χ4v) is 3.36. The molecule has 2 aliphatic rings. The maximum atomic E-state index is 2.47. The monoisotopic (exact) mass is 308 g/mol. The molecule has 132 valence electrons. The van der Waals surface area contributed by atoms with E-state index in [4.69, 9.17) is 0 Å². The summed E-state index contributed by atoms with van der Waals surface area (Å²) in [6.45, 7) is 21.7. The molecule has 0 N–H and O–H groups in total. The second kappa shape index (κ2) is 14.1. The van der Waals surface area contributed by atoms with Gasteiger partial charge < -0.3 is 0 Å². The largest absolute Gasteiger partial charge is 0.0811 e. The smallest absolute Gasteiger partial charge is 0.0106 e. The van der Waals surface area contributed by atoms with Crippen LogP contribution in [0.25, 0.3) is 0 Å². The van der Waals surface area contributed by atoms with Gasteiger partial charge in [0.2, 0.25) is 0 Å². The van der Waals surface area contributed by atoms with Crippen molar-refractivity contribution in [2.75, 3.05) is 0 Å². The summed E-state index contributed by atoms with van der Waals surface area (Å²) in [5.74, 6) is 4.25. The van der Waals surface area contributed by atoms with Gasteiger partial charge >= 0.3 is 0 Å². The molecule has 0 radical (unpaired) electrons. The van der Waals surface area contributed by atoms with Crippen LogP contribution in [0, 0.1) is 29.6 Å². The Balaban J connectivity index is 0. The standard InChI is InChI=1S/C14H22.C4H10.2C2H6/c1-4-13-10(2)8-9-12-7-5-6-11(3)14(12)13;1-4(2)3;2*1-2/h7-11,13-14H,4-6H2,1-3H3;4H,1-3H3;2*1-2H3/t10?,11-,13?,14?;;;/m0.../s1. The van der Waals surface area contributed by atoms with Crippen LogP contribution < -0.4 is 0 Å². The highest BCUT2D eigenvalue weighted by atomic mass is 14.4. The third-order valence-corrected chi connectivity index (χ3v) is 4.20. The zero-order valence-corrected chi connectivity index (χ0v) is 17.2. The molecule has 0 aromatic heterocycles. The molecule has 4 atom stereocenters. The van der Waals surface area contributed by atoms with Gasteiger partial charge in [-0.3, -0.25) is 0 Å². The van der Waals surface area contributed by atoms with Crippen LogP contribution in [0.2, 0.25) is 0 Å². The van der Waals surface area contributed by atoms with Gasteiger partial charge in [0.15, 0.2) is 0 Å². The van der Waals surface area contributed by atoms with E-state index in [0.29, 0.717) is 0 Å². The first-order chi connectivity index (χ1) is 10.5. The molecule has 2 aliphatic carbocycles. The summed E-state index contributed by atoms with van der Waals surface area (Å²) < 4.78 is 0. The van der Waals surface area contributed by atoms with Crippen LogP contribution in [0.3, 0.4) is 0 Å². The van der Waals surface area contributed by atoms with Crippen molar-refractivity contribution in [3.05, 3.63) is 23.8 Å². The predicted octanol–water partition coefficient (Wildman–Crippen LogP) is 7.91. The zero-order chi connectivity index (χ0) is 17.7. The lowest BCUT2D eigenvalue weighted by Gasteiger charge is -2.40. The maximum absolute atomic E-state index is 2.47. The molecular weight excluding hydrogens is 264 g/mol. The maximum Gasteiger partial charge on any atom is -0.0106 e. The summed E-state index contributed by atoms with van der Waals surface area (Å²) in [6, 6.07) is 0.